The van der Waals surface area contributed by atoms with Crippen LogP contribution in [0.5, 0.6) is 0 Å². The molecular weight excluding hydrogens is 261 g/mol. The van der Waals surface area contributed by atoms with Crippen molar-refractivity contribution < 1.29 is 22.8 Å². The lowest BCUT2D eigenvalue weighted by atomic mass is 10.1. The first-order valence-corrected chi connectivity index (χ1v) is 5.43. The number of carbonyl (C=O) groups excluding carboxylic acids is 2. The molecular formula is C12H13F3N2O2. The molecule has 0 aliphatic heterocycles. The van der Waals surface area contributed by atoms with Gasteiger partial charge in [0, 0.05) is 6.54 Å². The fraction of sp³-hybridized carbons (Fsp3) is 0.333. The second-order valence-corrected chi connectivity index (χ2v) is 4.02. The molecule has 1 rings (SSSR count). The van der Waals surface area contributed by atoms with Crippen LogP contribution in [0.1, 0.15) is 16.7 Å². The van der Waals surface area contributed by atoms with Crippen molar-refractivity contribution in [2.45, 2.75) is 19.6 Å². The summed E-state index contributed by atoms with van der Waals surface area (Å²) in [6.45, 7) is 0.925. The molecule has 1 aromatic rings. The van der Waals surface area contributed by atoms with Crippen LogP contribution >= 0.6 is 0 Å². The fourth-order valence-corrected chi connectivity index (χ4v) is 1.50. The molecule has 104 valence electrons. The van der Waals surface area contributed by atoms with E-state index in [0.29, 0.717) is 5.56 Å². The summed E-state index contributed by atoms with van der Waals surface area (Å²) in [6, 6.07) is 3.44. The third-order valence-electron chi connectivity index (χ3n) is 2.36. The maximum Gasteiger partial charge on any atom is 0.416 e. The summed E-state index contributed by atoms with van der Waals surface area (Å²) in [4.78, 5) is 22.1. The number of nitrogens with one attached hydrogen (secondary N) is 1. The molecule has 3 N–H and O–H groups in total. The molecule has 0 aromatic heterocycles. The van der Waals surface area contributed by atoms with Crippen molar-refractivity contribution in [2.24, 2.45) is 5.73 Å². The molecule has 1 aromatic carbocycles. The number of hydrogen-bond donors (Lipinski definition) is 2. The van der Waals surface area contributed by atoms with E-state index in [-0.39, 0.29) is 12.1 Å². The van der Waals surface area contributed by atoms with E-state index in [9.17, 15) is 22.8 Å². The minimum Gasteiger partial charge on any atom is -0.345 e. The van der Waals surface area contributed by atoms with Crippen LogP contribution in [0.25, 0.3) is 0 Å². The molecule has 19 heavy (non-hydrogen) atoms. The van der Waals surface area contributed by atoms with Crippen molar-refractivity contribution >= 4 is 11.7 Å². The number of ketones is 1. The van der Waals surface area contributed by atoms with Crippen molar-refractivity contribution in [3.8, 4) is 0 Å². The SMILES string of the molecule is Cc1cc(CNC(=O)C(=O)CN)cc(C(F)(F)F)c1. The Morgan fingerprint density at radius 1 is 1.26 bits per heavy atom. The van der Waals surface area contributed by atoms with Gasteiger partial charge >= 0.3 is 6.18 Å². The number of carbonyl (C=O) groups is 2. The quantitative estimate of drug-likeness (QED) is 0.809. The van der Waals surface area contributed by atoms with Crippen molar-refractivity contribution in [1.29, 1.82) is 0 Å². The molecule has 0 fully saturated rings. The molecule has 0 aliphatic rings. The standard InChI is InChI=1S/C12H13F3N2O2/c1-7-2-8(4-9(3-7)12(13,14)15)6-17-11(19)10(18)5-16/h2-4H,5-6,16H2,1H3,(H,17,19). The Kier molecular flexibility index (Phi) is 4.66. The molecule has 0 radical (unpaired) electrons. The molecule has 0 bridgehead atoms. The number of hydrogen-bond acceptors (Lipinski definition) is 3. The van der Waals surface area contributed by atoms with Crippen molar-refractivity contribution in [3.05, 3.63) is 34.9 Å². The normalized spacial score (nSPS) is 11.2. The summed E-state index contributed by atoms with van der Waals surface area (Å²) in [5, 5.41) is 2.22. The highest BCUT2D eigenvalue weighted by molar-refractivity contribution is 6.36. The van der Waals surface area contributed by atoms with Gasteiger partial charge in [0.05, 0.1) is 12.1 Å². The number of rotatable bonds is 4. The zero-order chi connectivity index (χ0) is 14.6. The number of halogens is 3. The van der Waals surface area contributed by atoms with Gasteiger partial charge in [0.15, 0.2) is 0 Å². The third kappa shape index (κ3) is 4.36. The molecule has 0 saturated carbocycles. The predicted octanol–water partition coefficient (Wildman–Crippen LogP) is 1.16. The number of aryl methyl sites for hydroxylation is 1. The molecule has 1 amide bonds. The minimum atomic E-state index is -4.45. The summed E-state index contributed by atoms with van der Waals surface area (Å²) in [7, 11) is 0. The Labute approximate surface area is 107 Å². The van der Waals surface area contributed by atoms with Gasteiger partial charge in [0.1, 0.15) is 0 Å². The Morgan fingerprint density at radius 3 is 2.42 bits per heavy atom. The smallest absolute Gasteiger partial charge is 0.345 e. The Hall–Kier alpha value is -1.89. The molecule has 0 saturated heterocycles. The monoisotopic (exact) mass is 274 g/mol. The first-order valence-electron chi connectivity index (χ1n) is 5.43. The van der Waals surface area contributed by atoms with Crippen LogP contribution in [0.2, 0.25) is 0 Å². The van der Waals surface area contributed by atoms with E-state index in [1.165, 1.54) is 13.0 Å². The van der Waals surface area contributed by atoms with Crippen LogP contribution in [0.3, 0.4) is 0 Å². The Bertz CT molecular complexity index is 498. The zero-order valence-corrected chi connectivity index (χ0v) is 10.2. The topological polar surface area (TPSA) is 72.2 Å². The van der Waals surface area contributed by atoms with Gasteiger partial charge < -0.3 is 11.1 Å². The first kappa shape index (κ1) is 15.2. The number of alkyl halides is 3. The van der Waals surface area contributed by atoms with Crippen LogP contribution in [0, 0.1) is 6.92 Å². The van der Waals surface area contributed by atoms with E-state index in [1.54, 1.807) is 0 Å². The number of nitrogens with two attached hydrogens (primary N) is 1. The third-order valence-corrected chi connectivity index (χ3v) is 2.36. The lowest BCUT2D eigenvalue weighted by molar-refractivity contribution is -0.137. The van der Waals surface area contributed by atoms with Gasteiger partial charge in [-0.2, -0.15) is 13.2 Å². The van der Waals surface area contributed by atoms with Crippen LogP contribution in [0.4, 0.5) is 13.2 Å². The summed E-state index contributed by atoms with van der Waals surface area (Å²) >= 11 is 0. The van der Waals surface area contributed by atoms with Gasteiger partial charge in [-0.05, 0) is 24.6 Å². The van der Waals surface area contributed by atoms with Gasteiger partial charge in [-0.25, -0.2) is 0 Å². The maximum absolute atomic E-state index is 12.6. The van der Waals surface area contributed by atoms with Gasteiger partial charge in [-0.3, -0.25) is 9.59 Å². The largest absolute Gasteiger partial charge is 0.416 e. The maximum atomic E-state index is 12.6. The Morgan fingerprint density at radius 2 is 1.89 bits per heavy atom. The highest BCUT2D eigenvalue weighted by atomic mass is 19.4. The van der Waals surface area contributed by atoms with Gasteiger partial charge in [-0.1, -0.05) is 11.6 Å². The lowest BCUT2D eigenvalue weighted by Crippen LogP contribution is -2.34. The highest BCUT2D eigenvalue weighted by Gasteiger charge is 2.30. The zero-order valence-electron chi connectivity index (χ0n) is 10.2. The number of benzene rings is 1. The lowest BCUT2D eigenvalue weighted by Gasteiger charge is -2.11. The molecule has 0 aliphatic carbocycles. The van der Waals surface area contributed by atoms with E-state index in [0.717, 1.165) is 12.1 Å². The highest BCUT2D eigenvalue weighted by Crippen LogP contribution is 2.30. The fourth-order valence-electron chi connectivity index (χ4n) is 1.50. The van der Waals surface area contributed by atoms with Crippen molar-refractivity contribution in [3.63, 3.8) is 0 Å². The van der Waals surface area contributed by atoms with Gasteiger partial charge in [0.2, 0.25) is 5.78 Å². The average Bonchev–Trinajstić information content (AvgIpc) is 2.33. The number of Topliss-reactive ketones (excluding diaryl/α,β-unsaturated/α-hetero) is 1. The molecule has 0 unspecified atom stereocenters. The van der Waals surface area contributed by atoms with Crippen molar-refractivity contribution in [1.82, 2.24) is 5.32 Å². The van der Waals surface area contributed by atoms with E-state index in [1.807, 2.05) is 0 Å². The van der Waals surface area contributed by atoms with Crippen molar-refractivity contribution in [2.75, 3.05) is 6.54 Å². The van der Waals surface area contributed by atoms with E-state index >= 15 is 0 Å². The van der Waals surface area contributed by atoms with E-state index in [2.05, 4.69) is 5.32 Å². The molecule has 0 atom stereocenters. The van der Waals surface area contributed by atoms with Crippen LogP contribution in [-0.4, -0.2) is 18.2 Å². The Balaban J connectivity index is 2.82. The number of amides is 1. The van der Waals surface area contributed by atoms with E-state index < -0.39 is 30.0 Å². The summed E-state index contributed by atoms with van der Waals surface area (Å²) in [6.07, 6.45) is -4.45. The average molecular weight is 274 g/mol. The molecule has 0 heterocycles. The minimum absolute atomic E-state index is 0.157. The molecule has 0 spiro atoms. The first-order chi connectivity index (χ1) is 8.74. The van der Waals surface area contributed by atoms with Gasteiger partial charge in [-0.15, -0.1) is 0 Å². The van der Waals surface area contributed by atoms with E-state index in [4.69, 9.17) is 5.73 Å². The van der Waals surface area contributed by atoms with Gasteiger partial charge in [0.25, 0.3) is 5.91 Å². The second-order valence-electron chi connectivity index (χ2n) is 4.02. The summed E-state index contributed by atoms with van der Waals surface area (Å²) in [5.41, 5.74) is 4.89. The summed E-state index contributed by atoms with van der Waals surface area (Å²) in [5.74, 6) is -1.72. The summed E-state index contributed by atoms with van der Waals surface area (Å²) < 4.78 is 37.7. The van der Waals surface area contributed by atoms with Crippen LogP contribution < -0.4 is 11.1 Å². The predicted molar refractivity (Wildman–Crippen MR) is 62.1 cm³/mol. The second kappa shape index (κ2) is 5.83. The van der Waals surface area contributed by atoms with Crippen LogP contribution in [-0.2, 0) is 22.3 Å². The van der Waals surface area contributed by atoms with Crippen LogP contribution in [0.15, 0.2) is 18.2 Å². The molecule has 4 nitrogen and oxygen atoms in total. The molecule has 7 heteroatoms.